The molecule has 7 nitrogen and oxygen atoms in total. The number of ether oxygens (including phenoxy) is 1. The van der Waals surface area contributed by atoms with Crippen molar-refractivity contribution in [1.29, 1.82) is 0 Å². The third kappa shape index (κ3) is 3.65. The van der Waals surface area contributed by atoms with Gasteiger partial charge in [0.25, 0.3) is 5.91 Å². The van der Waals surface area contributed by atoms with Crippen LogP contribution in [-0.2, 0) is 6.61 Å². The van der Waals surface area contributed by atoms with Crippen molar-refractivity contribution in [3.8, 4) is 5.75 Å². The van der Waals surface area contributed by atoms with Crippen LogP contribution in [-0.4, -0.2) is 15.9 Å². The Kier molecular flexibility index (Phi) is 5.17. The monoisotopic (exact) mass is 385 g/mol. The minimum absolute atomic E-state index is 0.00232. The van der Waals surface area contributed by atoms with Crippen LogP contribution in [0.15, 0.2) is 22.7 Å². The van der Waals surface area contributed by atoms with Gasteiger partial charge in [-0.25, -0.2) is 15.8 Å². The van der Waals surface area contributed by atoms with E-state index < -0.39 is 5.91 Å². The van der Waals surface area contributed by atoms with E-state index in [1.54, 1.807) is 25.1 Å². The molecule has 0 saturated heterocycles. The zero-order valence-corrected chi connectivity index (χ0v) is 13.9. The molecular formula is C13H13BrClN5O2. The highest BCUT2D eigenvalue weighted by molar-refractivity contribution is 9.10. The number of hydrogen-bond donors (Lipinski definition) is 3. The number of hydrogen-bond acceptors (Lipinski definition) is 6. The molecule has 0 unspecified atom stereocenters. The van der Waals surface area contributed by atoms with E-state index in [2.05, 4.69) is 31.3 Å². The van der Waals surface area contributed by atoms with Gasteiger partial charge in [0.15, 0.2) is 0 Å². The smallest absolute Gasteiger partial charge is 0.269 e. The molecule has 0 aliphatic heterocycles. The molecule has 1 aromatic heterocycles. The first-order chi connectivity index (χ1) is 10.4. The van der Waals surface area contributed by atoms with Gasteiger partial charge in [-0.15, -0.1) is 0 Å². The molecule has 9 heteroatoms. The minimum Gasteiger partial charge on any atom is -0.486 e. The number of nitrogens with zero attached hydrogens (tertiary/aromatic N) is 2. The van der Waals surface area contributed by atoms with Gasteiger partial charge in [0.2, 0.25) is 5.95 Å². The molecule has 1 amide bonds. The topological polar surface area (TPSA) is 116 Å². The zero-order chi connectivity index (χ0) is 16.3. The molecule has 116 valence electrons. The van der Waals surface area contributed by atoms with Crippen molar-refractivity contribution < 1.29 is 9.53 Å². The molecule has 0 spiro atoms. The Labute approximate surface area is 140 Å². The molecule has 1 aromatic carbocycles. The van der Waals surface area contributed by atoms with Crippen molar-refractivity contribution in [2.24, 2.45) is 5.84 Å². The van der Waals surface area contributed by atoms with Gasteiger partial charge in [-0.05, 0) is 25.1 Å². The van der Waals surface area contributed by atoms with E-state index >= 15 is 0 Å². The molecule has 0 fully saturated rings. The van der Waals surface area contributed by atoms with E-state index in [1.807, 2.05) is 0 Å². The van der Waals surface area contributed by atoms with Crippen LogP contribution in [0.25, 0.3) is 0 Å². The Balaban J connectivity index is 2.30. The van der Waals surface area contributed by atoms with Crippen LogP contribution in [0.5, 0.6) is 5.75 Å². The fourth-order valence-corrected chi connectivity index (χ4v) is 2.59. The number of anilines is 1. The summed E-state index contributed by atoms with van der Waals surface area (Å²) >= 11 is 9.38. The summed E-state index contributed by atoms with van der Waals surface area (Å²) in [5.74, 6) is 5.16. The van der Waals surface area contributed by atoms with E-state index in [-0.39, 0.29) is 18.1 Å². The number of carbonyl (C=O) groups excluding carboxylic acids is 1. The minimum atomic E-state index is -0.516. The molecule has 0 atom stereocenters. The van der Waals surface area contributed by atoms with Crippen LogP contribution in [0, 0.1) is 6.92 Å². The predicted molar refractivity (Wildman–Crippen MR) is 86.3 cm³/mol. The number of halogens is 2. The van der Waals surface area contributed by atoms with Crippen LogP contribution in [0.3, 0.4) is 0 Å². The van der Waals surface area contributed by atoms with Crippen LogP contribution in [0.1, 0.15) is 21.7 Å². The van der Waals surface area contributed by atoms with Gasteiger partial charge in [0.1, 0.15) is 12.4 Å². The largest absolute Gasteiger partial charge is 0.486 e. The summed E-state index contributed by atoms with van der Waals surface area (Å²) in [5, 5.41) is 0.429. The fourth-order valence-electron chi connectivity index (χ4n) is 1.87. The second-order valence-electron chi connectivity index (χ2n) is 4.33. The highest BCUT2D eigenvalue weighted by Crippen LogP contribution is 2.28. The maximum atomic E-state index is 11.8. The fraction of sp³-hybridized carbons (Fsp3) is 0.154. The second-order valence-corrected chi connectivity index (χ2v) is 5.65. The highest BCUT2D eigenvalue weighted by Gasteiger charge is 2.18. The number of aromatic nitrogens is 2. The quantitative estimate of drug-likeness (QED) is 0.420. The van der Waals surface area contributed by atoms with Gasteiger partial charge in [-0.1, -0.05) is 27.5 Å². The lowest BCUT2D eigenvalue weighted by Gasteiger charge is -2.12. The zero-order valence-electron chi connectivity index (χ0n) is 11.6. The Bertz CT molecular complexity index is 726. The van der Waals surface area contributed by atoms with Crippen LogP contribution < -0.4 is 21.7 Å². The summed E-state index contributed by atoms with van der Waals surface area (Å²) in [7, 11) is 0. The van der Waals surface area contributed by atoms with Crippen molar-refractivity contribution >= 4 is 39.4 Å². The summed E-state index contributed by atoms with van der Waals surface area (Å²) in [6.45, 7) is 1.64. The van der Waals surface area contributed by atoms with E-state index in [0.29, 0.717) is 22.2 Å². The van der Waals surface area contributed by atoms with Crippen LogP contribution >= 0.6 is 27.5 Å². The van der Waals surface area contributed by atoms with Crippen molar-refractivity contribution in [2.45, 2.75) is 13.5 Å². The summed E-state index contributed by atoms with van der Waals surface area (Å²) in [5.41, 5.74) is 8.63. The standard InChI is InChI=1S/C13H13BrClN5O2/c1-6-11(12(21)20-17)9(19-13(16)18-6)5-22-10-3-2-7(14)4-8(10)15/h2-4H,5,17H2,1H3,(H,20,21)(H2,16,18,19). The van der Waals surface area contributed by atoms with Gasteiger partial charge in [0, 0.05) is 4.47 Å². The molecule has 0 aliphatic rings. The number of nitrogens with one attached hydrogen (secondary N) is 1. The Morgan fingerprint density at radius 2 is 2.18 bits per heavy atom. The van der Waals surface area contributed by atoms with E-state index in [9.17, 15) is 4.79 Å². The number of nitrogen functional groups attached to an aromatic ring is 2. The van der Waals surface area contributed by atoms with Gasteiger partial charge in [-0.2, -0.15) is 0 Å². The van der Waals surface area contributed by atoms with Crippen molar-refractivity contribution in [3.05, 3.63) is 44.6 Å². The molecule has 2 rings (SSSR count). The third-order valence-electron chi connectivity index (χ3n) is 2.80. The number of nitrogens with two attached hydrogens (primary N) is 2. The summed E-state index contributed by atoms with van der Waals surface area (Å²) in [6.07, 6.45) is 0. The van der Waals surface area contributed by atoms with Gasteiger partial charge < -0.3 is 10.5 Å². The molecular weight excluding hydrogens is 374 g/mol. The molecule has 5 N–H and O–H groups in total. The number of carbonyl (C=O) groups is 1. The lowest BCUT2D eigenvalue weighted by Crippen LogP contribution is -2.32. The van der Waals surface area contributed by atoms with E-state index in [4.69, 9.17) is 27.9 Å². The van der Waals surface area contributed by atoms with Crippen molar-refractivity contribution in [2.75, 3.05) is 5.73 Å². The molecule has 0 radical (unpaired) electrons. The first-order valence-electron chi connectivity index (χ1n) is 6.14. The van der Waals surface area contributed by atoms with Gasteiger partial charge in [0.05, 0.1) is 22.0 Å². The summed E-state index contributed by atoms with van der Waals surface area (Å²) < 4.78 is 6.43. The second kappa shape index (κ2) is 6.91. The first kappa shape index (κ1) is 16.5. The Morgan fingerprint density at radius 1 is 1.45 bits per heavy atom. The molecule has 22 heavy (non-hydrogen) atoms. The third-order valence-corrected chi connectivity index (χ3v) is 3.59. The Hall–Kier alpha value is -1.90. The maximum absolute atomic E-state index is 11.8. The predicted octanol–water partition coefficient (Wildman–Crippen LogP) is 1.97. The number of amides is 1. The average Bonchev–Trinajstić information content (AvgIpc) is 2.45. The molecule has 1 heterocycles. The van der Waals surface area contributed by atoms with E-state index in [1.165, 1.54) is 0 Å². The maximum Gasteiger partial charge on any atom is 0.269 e. The average molecular weight is 387 g/mol. The molecule has 2 aromatic rings. The number of hydrazine groups is 1. The van der Waals surface area contributed by atoms with E-state index in [0.717, 1.165) is 4.47 Å². The van der Waals surface area contributed by atoms with Gasteiger partial charge in [-0.3, -0.25) is 10.2 Å². The lowest BCUT2D eigenvalue weighted by atomic mass is 10.1. The highest BCUT2D eigenvalue weighted by atomic mass is 79.9. The molecule has 0 bridgehead atoms. The first-order valence-corrected chi connectivity index (χ1v) is 7.31. The Morgan fingerprint density at radius 3 is 2.82 bits per heavy atom. The summed E-state index contributed by atoms with van der Waals surface area (Å²) in [6, 6.07) is 5.19. The van der Waals surface area contributed by atoms with Crippen molar-refractivity contribution in [1.82, 2.24) is 15.4 Å². The SMILES string of the molecule is Cc1nc(N)nc(COc2ccc(Br)cc2Cl)c1C(=O)NN. The van der Waals surface area contributed by atoms with Crippen molar-refractivity contribution in [3.63, 3.8) is 0 Å². The summed E-state index contributed by atoms with van der Waals surface area (Å²) in [4.78, 5) is 19.8. The van der Waals surface area contributed by atoms with Crippen LogP contribution in [0.2, 0.25) is 5.02 Å². The number of rotatable bonds is 4. The molecule has 0 saturated carbocycles. The van der Waals surface area contributed by atoms with Gasteiger partial charge >= 0.3 is 0 Å². The normalized spacial score (nSPS) is 10.4. The van der Waals surface area contributed by atoms with Crippen LogP contribution in [0.4, 0.5) is 5.95 Å². The lowest BCUT2D eigenvalue weighted by molar-refractivity contribution is 0.0949. The number of benzene rings is 1. The number of aryl methyl sites for hydroxylation is 1. The molecule has 0 aliphatic carbocycles.